The standard InChI is InChI=1S/C13H17N5O/c1-4-19-13-17-11(14-3)16-12(18-13)15-10-8-6-5-7-9(10)2/h5-8H,4H2,1-3H3,(H2,14,15,16,17,18). The zero-order chi connectivity index (χ0) is 13.7. The number of ether oxygens (including phenoxy) is 1. The van der Waals surface area contributed by atoms with Gasteiger partial charge in [-0.1, -0.05) is 18.2 Å². The van der Waals surface area contributed by atoms with Crippen molar-refractivity contribution in [3.63, 3.8) is 0 Å². The van der Waals surface area contributed by atoms with Crippen LogP contribution >= 0.6 is 0 Å². The van der Waals surface area contributed by atoms with Crippen molar-refractivity contribution >= 4 is 17.6 Å². The highest BCUT2D eigenvalue weighted by atomic mass is 16.5. The van der Waals surface area contributed by atoms with Crippen LogP contribution in [-0.2, 0) is 0 Å². The summed E-state index contributed by atoms with van der Waals surface area (Å²) in [6, 6.07) is 8.24. The summed E-state index contributed by atoms with van der Waals surface area (Å²) in [5, 5.41) is 6.05. The minimum Gasteiger partial charge on any atom is -0.464 e. The highest BCUT2D eigenvalue weighted by Gasteiger charge is 2.07. The van der Waals surface area contributed by atoms with E-state index in [9.17, 15) is 0 Å². The van der Waals surface area contributed by atoms with Crippen LogP contribution in [0, 0.1) is 6.92 Å². The summed E-state index contributed by atoms with van der Waals surface area (Å²) in [6.07, 6.45) is 0. The predicted octanol–water partition coefficient (Wildman–Crippen LogP) is 2.36. The van der Waals surface area contributed by atoms with Crippen molar-refractivity contribution < 1.29 is 4.74 Å². The van der Waals surface area contributed by atoms with E-state index in [0.717, 1.165) is 11.3 Å². The molecule has 1 aromatic heterocycles. The number of nitrogens with one attached hydrogen (secondary N) is 2. The molecule has 0 aliphatic heterocycles. The largest absolute Gasteiger partial charge is 0.464 e. The summed E-state index contributed by atoms with van der Waals surface area (Å²) < 4.78 is 5.31. The molecular formula is C13H17N5O. The minimum atomic E-state index is 0.304. The van der Waals surface area contributed by atoms with Gasteiger partial charge in [0, 0.05) is 12.7 Å². The lowest BCUT2D eigenvalue weighted by molar-refractivity contribution is 0.312. The van der Waals surface area contributed by atoms with Gasteiger partial charge in [-0.2, -0.15) is 15.0 Å². The summed E-state index contributed by atoms with van der Waals surface area (Å²) in [7, 11) is 1.75. The number of rotatable bonds is 5. The topological polar surface area (TPSA) is 72.0 Å². The van der Waals surface area contributed by atoms with Gasteiger partial charge in [0.05, 0.1) is 6.61 Å². The lowest BCUT2D eigenvalue weighted by Gasteiger charge is -2.10. The van der Waals surface area contributed by atoms with E-state index in [-0.39, 0.29) is 0 Å². The van der Waals surface area contributed by atoms with Crippen LogP contribution in [0.15, 0.2) is 24.3 Å². The molecule has 2 rings (SSSR count). The molecular weight excluding hydrogens is 242 g/mol. The molecule has 0 fully saturated rings. The normalized spacial score (nSPS) is 10.1. The van der Waals surface area contributed by atoms with E-state index in [4.69, 9.17) is 4.74 Å². The lowest BCUT2D eigenvalue weighted by Crippen LogP contribution is -2.07. The molecule has 0 aliphatic rings. The van der Waals surface area contributed by atoms with Gasteiger partial charge in [-0.3, -0.25) is 0 Å². The second kappa shape index (κ2) is 5.99. The maximum Gasteiger partial charge on any atom is 0.323 e. The van der Waals surface area contributed by atoms with Crippen LogP contribution in [-0.4, -0.2) is 28.6 Å². The van der Waals surface area contributed by atoms with Crippen molar-refractivity contribution in [3.05, 3.63) is 29.8 Å². The Labute approximate surface area is 112 Å². The fourth-order valence-electron chi connectivity index (χ4n) is 1.55. The predicted molar refractivity (Wildman–Crippen MR) is 75.0 cm³/mol. The molecule has 0 bridgehead atoms. The van der Waals surface area contributed by atoms with Gasteiger partial charge in [0.15, 0.2) is 0 Å². The number of benzene rings is 1. The van der Waals surface area contributed by atoms with Gasteiger partial charge >= 0.3 is 6.01 Å². The second-order valence-electron chi connectivity index (χ2n) is 3.89. The minimum absolute atomic E-state index is 0.304. The van der Waals surface area contributed by atoms with Crippen molar-refractivity contribution in [1.82, 2.24) is 15.0 Å². The first-order valence-electron chi connectivity index (χ1n) is 6.12. The molecule has 0 unspecified atom stereocenters. The van der Waals surface area contributed by atoms with Gasteiger partial charge in [0.1, 0.15) is 0 Å². The monoisotopic (exact) mass is 259 g/mol. The van der Waals surface area contributed by atoms with Gasteiger partial charge in [-0.15, -0.1) is 0 Å². The Bertz CT molecular complexity index is 558. The molecule has 100 valence electrons. The van der Waals surface area contributed by atoms with Gasteiger partial charge in [-0.05, 0) is 25.5 Å². The molecule has 0 aliphatic carbocycles. The first kappa shape index (κ1) is 13.1. The van der Waals surface area contributed by atoms with Crippen LogP contribution in [0.4, 0.5) is 17.6 Å². The van der Waals surface area contributed by atoms with Crippen molar-refractivity contribution in [1.29, 1.82) is 0 Å². The Morgan fingerprint density at radius 2 is 1.84 bits per heavy atom. The molecule has 0 saturated heterocycles. The van der Waals surface area contributed by atoms with Gasteiger partial charge in [-0.25, -0.2) is 0 Å². The van der Waals surface area contributed by atoms with Crippen molar-refractivity contribution in [3.8, 4) is 6.01 Å². The first-order valence-corrected chi connectivity index (χ1v) is 6.12. The number of para-hydroxylation sites is 1. The molecule has 6 heteroatoms. The van der Waals surface area contributed by atoms with Crippen LogP contribution in [0.2, 0.25) is 0 Å². The molecule has 0 radical (unpaired) electrons. The molecule has 2 N–H and O–H groups in total. The summed E-state index contributed by atoms with van der Waals surface area (Å²) in [6.45, 7) is 4.42. The molecule has 1 heterocycles. The van der Waals surface area contributed by atoms with Crippen LogP contribution < -0.4 is 15.4 Å². The fraction of sp³-hybridized carbons (Fsp3) is 0.308. The molecule has 0 saturated carbocycles. The Morgan fingerprint density at radius 3 is 2.53 bits per heavy atom. The molecule has 0 atom stereocenters. The van der Waals surface area contributed by atoms with E-state index in [0.29, 0.717) is 24.5 Å². The van der Waals surface area contributed by atoms with Crippen LogP contribution in [0.1, 0.15) is 12.5 Å². The summed E-state index contributed by atoms with van der Waals surface area (Å²) in [4.78, 5) is 12.6. The van der Waals surface area contributed by atoms with E-state index < -0.39 is 0 Å². The van der Waals surface area contributed by atoms with E-state index >= 15 is 0 Å². The Balaban J connectivity index is 2.29. The number of nitrogens with zero attached hydrogens (tertiary/aromatic N) is 3. The number of aromatic nitrogens is 3. The average Bonchev–Trinajstić information content (AvgIpc) is 2.41. The molecule has 1 aromatic carbocycles. The van der Waals surface area contributed by atoms with Crippen LogP contribution in [0.3, 0.4) is 0 Å². The summed E-state index contributed by atoms with van der Waals surface area (Å²) in [5.74, 6) is 0.923. The van der Waals surface area contributed by atoms with Gasteiger partial charge < -0.3 is 15.4 Å². The van der Waals surface area contributed by atoms with Gasteiger partial charge in [0.25, 0.3) is 0 Å². The van der Waals surface area contributed by atoms with E-state index in [1.54, 1.807) is 7.05 Å². The second-order valence-corrected chi connectivity index (χ2v) is 3.89. The van der Waals surface area contributed by atoms with Crippen molar-refractivity contribution in [2.45, 2.75) is 13.8 Å². The summed E-state index contributed by atoms with van der Waals surface area (Å²) in [5.41, 5.74) is 2.07. The maximum absolute atomic E-state index is 5.31. The SMILES string of the molecule is CCOc1nc(NC)nc(Nc2ccccc2C)n1. The molecule has 19 heavy (non-hydrogen) atoms. The maximum atomic E-state index is 5.31. The third-order valence-electron chi connectivity index (χ3n) is 2.50. The van der Waals surface area contributed by atoms with Gasteiger partial charge in [0.2, 0.25) is 11.9 Å². The highest BCUT2D eigenvalue weighted by Crippen LogP contribution is 2.19. The molecule has 0 spiro atoms. The number of hydrogen-bond acceptors (Lipinski definition) is 6. The van der Waals surface area contributed by atoms with E-state index in [2.05, 4.69) is 25.6 Å². The highest BCUT2D eigenvalue weighted by molar-refractivity contribution is 5.58. The first-order chi connectivity index (χ1) is 9.22. The van der Waals surface area contributed by atoms with Crippen molar-refractivity contribution in [2.24, 2.45) is 0 Å². The third kappa shape index (κ3) is 3.31. The number of hydrogen-bond donors (Lipinski definition) is 2. The Morgan fingerprint density at radius 1 is 1.11 bits per heavy atom. The van der Waals surface area contributed by atoms with E-state index in [1.165, 1.54) is 0 Å². The fourth-order valence-corrected chi connectivity index (χ4v) is 1.55. The quantitative estimate of drug-likeness (QED) is 0.859. The summed E-state index contributed by atoms with van der Waals surface area (Å²) >= 11 is 0. The Kier molecular flexibility index (Phi) is 4.12. The zero-order valence-corrected chi connectivity index (χ0v) is 11.3. The van der Waals surface area contributed by atoms with Crippen LogP contribution in [0.5, 0.6) is 6.01 Å². The smallest absolute Gasteiger partial charge is 0.323 e. The van der Waals surface area contributed by atoms with Crippen molar-refractivity contribution in [2.75, 3.05) is 24.3 Å². The van der Waals surface area contributed by atoms with E-state index in [1.807, 2.05) is 38.1 Å². The molecule has 2 aromatic rings. The number of aryl methyl sites for hydroxylation is 1. The number of anilines is 3. The van der Waals surface area contributed by atoms with Crippen LogP contribution in [0.25, 0.3) is 0 Å². The third-order valence-corrected chi connectivity index (χ3v) is 2.50. The molecule has 0 amide bonds. The lowest BCUT2D eigenvalue weighted by atomic mass is 10.2. The zero-order valence-electron chi connectivity index (χ0n) is 11.3. The Hall–Kier alpha value is -2.37. The molecule has 6 nitrogen and oxygen atoms in total. The average molecular weight is 259 g/mol.